The van der Waals surface area contributed by atoms with Crippen LogP contribution in [-0.2, 0) is 4.79 Å². The molecule has 0 saturated carbocycles. The summed E-state index contributed by atoms with van der Waals surface area (Å²) in [6.07, 6.45) is 3.00. The average Bonchev–Trinajstić information content (AvgIpc) is 2.32. The van der Waals surface area contributed by atoms with Crippen LogP contribution in [0.1, 0.15) is 38.3 Å². The largest absolute Gasteiger partial charge is 0.481 e. The van der Waals surface area contributed by atoms with Gasteiger partial charge >= 0.3 is 5.97 Å². The molecule has 1 saturated heterocycles. The van der Waals surface area contributed by atoms with Crippen LogP contribution in [0.3, 0.4) is 0 Å². The molecular formula is C13H18FN3O2. The molecule has 1 aromatic heterocycles. The summed E-state index contributed by atoms with van der Waals surface area (Å²) in [4.78, 5) is 20.4. The van der Waals surface area contributed by atoms with Gasteiger partial charge in [0.25, 0.3) is 0 Å². The summed E-state index contributed by atoms with van der Waals surface area (Å²) in [6, 6.07) is 0. The maximum Gasteiger partial charge on any atom is 0.310 e. The number of carboxylic acid groups (broad SMARTS) is 1. The van der Waals surface area contributed by atoms with Crippen LogP contribution >= 0.6 is 0 Å². The lowest BCUT2D eigenvalue weighted by Gasteiger charge is -2.37. The lowest BCUT2D eigenvalue weighted by Crippen LogP contribution is -2.51. The molecule has 104 valence electrons. The van der Waals surface area contributed by atoms with Crippen LogP contribution in [0.4, 0.5) is 10.2 Å². The Morgan fingerprint density at radius 2 is 2.11 bits per heavy atom. The first-order valence-corrected chi connectivity index (χ1v) is 6.56. The van der Waals surface area contributed by atoms with E-state index in [1.165, 1.54) is 6.33 Å². The van der Waals surface area contributed by atoms with Crippen LogP contribution in [0.25, 0.3) is 0 Å². The SMILES string of the molecule is CCC(CC)c1ncnc(N2CC(C(=O)O)C2)c1F. The molecule has 0 aromatic carbocycles. The van der Waals surface area contributed by atoms with Crippen molar-refractivity contribution in [1.82, 2.24) is 9.97 Å². The quantitative estimate of drug-likeness (QED) is 0.884. The first kappa shape index (κ1) is 13.7. The van der Waals surface area contributed by atoms with Gasteiger partial charge in [0.1, 0.15) is 6.33 Å². The number of rotatable bonds is 5. The molecule has 1 aliphatic heterocycles. The molecule has 1 aromatic rings. The third-order valence-corrected chi connectivity index (χ3v) is 3.70. The van der Waals surface area contributed by atoms with Crippen LogP contribution in [0.2, 0.25) is 0 Å². The zero-order valence-corrected chi connectivity index (χ0v) is 11.1. The minimum Gasteiger partial charge on any atom is -0.481 e. The third-order valence-electron chi connectivity index (χ3n) is 3.70. The van der Waals surface area contributed by atoms with Crippen LogP contribution in [0, 0.1) is 11.7 Å². The summed E-state index contributed by atoms with van der Waals surface area (Å²) in [6.45, 7) is 4.62. The molecule has 2 rings (SSSR count). The highest BCUT2D eigenvalue weighted by Gasteiger charge is 2.35. The minimum absolute atomic E-state index is 0.0818. The molecule has 0 atom stereocenters. The van der Waals surface area contributed by atoms with Gasteiger partial charge in [-0.15, -0.1) is 0 Å². The highest BCUT2D eigenvalue weighted by atomic mass is 19.1. The van der Waals surface area contributed by atoms with E-state index in [0.29, 0.717) is 18.8 Å². The Hall–Kier alpha value is -1.72. The molecule has 1 N–H and O–H groups in total. The van der Waals surface area contributed by atoms with Crippen molar-refractivity contribution in [1.29, 1.82) is 0 Å². The van der Waals surface area contributed by atoms with Crippen molar-refractivity contribution >= 4 is 11.8 Å². The smallest absolute Gasteiger partial charge is 0.310 e. The Morgan fingerprint density at radius 1 is 1.47 bits per heavy atom. The summed E-state index contributed by atoms with van der Waals surface area (Å²) in [5, 5.41) is 8.83. The van der Waals surface area contributed by atoms with E-state index in [9.17, 15) is 9.18 Å². The summed E-state index contributed by atoms with van der Waals surface area (Å²) in [5.41, 5.74) is 0.439. The monoisotopic (exact) mass is 267 g/mol. The summed E-state index contributed by atoms with van der Waals surface area (Å²) >= 11 is 0. The number of anilines is 1. The van der Waals surface area contributed by atoms with E-state index < -0.39 is 17.7 Å². The number of carbonyl (C=O) groups is 1. The van der Waals surface area contributed by atoms with Gasteiger partial charge in [0.05, 0.1) is 11.6 Å². The van der Waals surface area contributed by atoms with Crippen molar-refractivity contribution in [3.63, 3.8) is 0 Å². The number of aliphatic carboxylic acids is 1. The number of halogens is 1. The zero-order valence-electron chi connectivity index (χ0n) is 11.1. The molecule has 0 bridgehead atoms. The van der Waals surface area contributed by atoms with Crippen LogP contribution in [0.15, 0.2) is 6.33 Å². The average molecular weight is 267 g/mol. The molecule has 1 aliphatic rings. The molecule has 0 spiro atoms. The van der Waals surface area contributed by atoms with Gasteiger partial charge < -0.3 is 10.0 Å². The standard InChI is InChI=1S/C13H18FN3O2/c1-3-8(4-2)11-10(14)12(16-7-15-11)17-5-9(6-17)13(18)19/h7-9H,3-6H2,1-2H3,(H,18,19). The Morgan fingerprint density at radius 3 is 2.63 bits per heavy atom. The number of aromatic nitrogens is 2. The fraction of sp³-hybridized carbons (Fsp3) is 0.615. The summed E-state index contributed by atoms with van der Waals surface area (Å²) in [5.74, 6) is -1.36. The van der Waals surface area contributed by atoms with E-state index in [4.69, 9.17) is 5.11 Å². The van der Waals surface area contributed by atoms with Crippen molar-refractivity contribution < 1.29 is 14.3 Å². The van der Waals surface area contributed by atoms with Crippen molar-refractivity contribution in [3.05, 3.63) is 17.8 Å². The molecule has 0 unspecified atom stereocenters. The minimum atomic E-state index is -0.842. The normalized spacial score (nSPS) is 15.7. The Balaban J connectivity index is 2.19. The van der Waals surface area contributed by atoms with Gasteiger partial charge in [0.15, 0.2) is 11.6 Å². The lowest BCUT2D eigenvalue weighted by atomic mass is 9.97. The van der Waals surface area contributed by atoms with Crippen LogP contribution in [-0.4, -0.2) is 34.1 Å². The lowest BCUT2D eigenvalue weighted by molar-refractivity contribution is -0.142. The van der Waals surface area contributed by atoms with Gasteiger partial charge in [-0.25, -0.2) is 14.4 Å². The fourth-order valence-corrected chi connectivity index (χ4v) is 2.36. The Bertz CT molecular complexity index is 471. The van der Waals surface area contributed by atoms with E-state index in [2.05, 4.69) is 9.97 Å². The van der Waals surface area contributed by atoms with Gasteiger partial charge in [0.2, 0.25) is 0 Å². The maximum absolute atomic E-state index is 14.4. The molecule has 19 heavy (non-hydrogen) atoms. The fourth-order valence-electron chi connectivity index (χ4n) is 2.36. The van der Waals surface area contributed by atoms with E-state index in [1.54, 1.807) is 4.90 Å². The number of carboxylic acids is 1. The van der Waals surface area contributed by atoms with E-state index >= 15 is 0 Å². The van der Waals surface area contributed by atoms with Crippen molar-refractivity contribution in [2.45, 2.75) is 32.6 Å². The molecule has 2 heterocycles. The predicted molar refractivity (Wildman–Crippen MR) is 68.7 cm³/mol. The third kappa shape index (κ3) is 2.52. The van der Waals surface area contributed by atoms with Crippen LogP contribution in [0.5, 0.6) is 0 Å². The molecule has 0 aliphatic carbocycles. The summed E-state index contributed by atoms with van der Waals surface area (Å²) < 4.78 is 14.4. The van der Waals surface area contributed by atoms with Crippen LogP contribution < -0.4 is 4.90 Å². The van der Waals surface area contributed by atoms with E-state index in [0.717, 1.165) is 12.8 Å². The molecular weight excluding hydrogens is 249 g/mol. The summed E-state index contributed by atoms with van der Waals surface area (Å²) in [7, 11) is 0. The highest BCUT2D eigenvalue weighted by Crippen LogP contribution is 2.30. The second kappa shape index (κ2) is 5.50. The highest BCUT2D eigenvalue weighted by molar-refractivity contribution is 5.74. The van der Waals surface area contributed by atoms with E-state index in [1.807, 2.05) is 13.8 Å². The van der Waals surface area contributed by atoms with Gasteiger partial charge in [-0.3, -0.25) is 4.79 Å². The number of hydrogen-bond acceptors (Lipinski definition) is 4. The van der Waals surface area contributed by atoms with Gasteiger partial charge in [-0.1, -0.05) is 13.8 Å². The van der Waals surface area contributed by atoms with Gasteiger partial charge in [-0.2, -0.15) is 0 Å². The van der Waals surface area contributed by atoms with Gasteiger partial charge in [-0.05, 0) is 12.8 Å². The second-order valence-corrected chi connectivity index (χ2v) is 4.85. The Kier molecular flexibility index (Phi) is 3.97. The van der Waals surface area contributed by atoms with Crippen molar-refractivity contribution in [2.24, 2.45) is 5.92 Å². The topological polar surface area (TPSA) is 66.3 Å². The van der Waals surface area contributed by atoms with Crippen molar-refractivity contribution in [2.75, 3.05) is 18.0 Å². The Labute approximate surface area is 111 Å². The van der Waals surface area contributed by atoms with E-state index in [-0.39, 0.29) is 11.7 Å². The number of nitrogens with zero attached hydrogens (tertiary/aromatic N) is 3. The molecule has 0 amide bonds. The van der Waals surface area contributed by atoms with Gasteiger partial charge in [0, 0.05) is 19.0 Å². The molecule has 5 nitrogen and oxygen atoms in total. The van der Waals surface area contributed by atoms with Crippen molar-refractivity contribution in [3.8, 4) is 0 Å². The molecule has 6 heteroatoms. The predicted octanol–water partition coefficient (Wildman–Crippen LogP) is 2.04. The maximum atomic E-state index is 14.4. The second-order valence-electron chi connectivity index (χ2n) is 4.85. The molecule has 0 radical (unpaired) electrons. The zero-order chi connectivity index (χ0) is 14.0. The molecule has 1 fully saturated rings. The first-order chi connectivity index (χ1) is 9.08. The number of hydrogen-bond donors (Lipinski definition) is 1. The first-order valence-electron chi connectivity index (χ1n) is 6.56.